The summed E-state index contributed by atoms with van der Waals surface area (Å²) in [6.07, 6.45) is 2.83. The van der Waals surface area contributed by atoms with Gasteiger partial charge in [0.1, 0.15) is 11.6 Å². The van der Waals surface area contributed by atoms with E-state index in [1.54, 1.807) is 18.2 Å². The van der Waals surface area contributed by atoms with Gasteiger partial charge < -0.3 is 5.32 Å². The molecule has 0 atom stereocenters. The van der Waals surface area contributed by atoms with Crippen molar-refractivity contribution in [1.82, 2.24) is 15.3 Å². The van der Waals surface area contributed by atoms with Crippen molar-refractivity contribution in [2.24, 2.45) is 0 Å². The highest BCUT2D eigenvalue weighted by atomic mass is 35.5. The van der Waals surface area contributed by atoms with Gasteiger partial charge in [0.2, 0.25) is 0 Å². The predicted molar refractivity (Wildman–Crippen MR) is 80.8 cm³/mol. The number of halogens is 2. The van der Waals surface area contributed by atoms with Crippen molar-refractivity contribution in [1.29, 1.82) is 0 Å². The van der Waals surface area contributed by atoms with Gasteiger partial charge in [-0.05, 0) is 37.5 Å². The molecule has 110 valence electrons. The Hall–Kier alpha value is -1.52. The van der Waals surface area contributed by atoms with Crippen LogP contribution in [0.3, 0.4) is 0 Å². The third-order valence-electron chi connectivity index (χ3n) is 3.48. The molecule has 1 saturated carbocycles. The highest BCUT2D eigenvalue weighted by Crippen LogP contribution is 2.21. The fraction of sp³-hybridized carbons (Fsp3) is 0.375. The van der Waals surface area contributed by atoms with E-state index in [2.05, 4.69) is 15.3 Å². The highest BCUT2D eigenvalue weighted by molar-refractivity contribution is 6.30. The number of nitrogens with one attached hydrogen (secondary N) is 1. The van der Waals surface area contributed by atoms with E-state index in [1.165, 1.54) is 12.8 Å². The Morgan fingerprint density at radius 1 is 1.33 bits per heavy atom. The van der Waals surface area contributed by atoms with Crippen LogP contribution < -0.4 is 5.32 Å². The van der Waals surface area contributed by atoms with Gasteiger partial charge in [0.05, 0.1) is 10.7 Å². The molecule has 0 radical (unpaired) electrons. The quantitative estimate of drug-likeness (QED) is 0.920. The summed E-state index contributed by atoms with van der Waals surface area (Å²) in [4.78, 5) is 8.91. The molecule has 1 aromatic heterocycles. The van der Waals surface area contributed by atoms with Crippen LogP contribution >= 0.6 is 11.6 Å². The number of rotatable bonds is 5. The topological polar surface area (TPSA) is 37.8 Å². The maximum Gasteiger partial charge on any atom is 0.145 e. The molecule has 0 spiro atoms. The van der Waals surface area contributed by atoms with Gasteiger partial charge in [-0.1, -0.05) is 23.7 Å². The largest absolute Gasteiger partial charge is 0.308 e. The lowest BCUT2D eigenvalue weighted by atomic mass is 10.1. The van der Waals surface area contributed by atoms with Crippen molar-refractivity contribution in [2.75, 3.05) is 0 Å². The van der Waals surface area contributed by atoms with Crippen molar-refractivity contribution in [2.45, 2.75) is 38.8 Å². The minimum absolute atomic E-state index is 0.135. The summed E-state index contributed by atoms with van der Waals surface area (Å²) < 4.78 is 14.0. The number of nitrogens with zero attached hydrogens (tertiary/aromatic N) is 2. The summed E-state index contributed by atoms with van der Waals surface area (Å²) in [7, 11) is 0. The summed E-state index contributed by atoms with van der Waals surface area (Å²) >= 11 is 5.81. The van der Waals surface area contributed by atoms with Crippen molar-refractivity contribution in [3.8, 4) is 0 Å². The molecular weight excluding hydrogens is 289 g/mol. The molecule has 21 heavy (non-hydrogen) atoms. The van der Waals surface area contributed by atoms with E-state index in [9.17, 15) is 4.39 Å². The SMILES string of the molecule is Cc1cc(CNC2CC2)nc(Cc2cccc(Cl)c2F)n1. The third-order valence-corrected chi connectivity index (χ3v) is 3.77. The average molecular weight is 306 g/mol. The van der Waals surface area contributed by atoms with Crippen LogP contribution in [0.2, 0.25) is 5.02 Å². The molecule has 1 aliphatic rings. The van der Waals surface area contributed by atoms with E-state index >= 15 is 0 Å². The van der Waals surface area contributed by atoms with Crippen molar-refractivity contribution in [3.05, 3.63) is 57.9 Å². The molecule has 1 aromatic carbocycles. The maximum absolute atomic E-state index is 14.0. The first kappa shape index (κ1) is 14.4. The zero-order chi connectivity index (χ0) is 14.8. The molecule has 5 heteroatoms. The minimum Gasteiger partial charge on any atom is -0.308 e. The first-order valence-electron chi connectivity index (χ1n) is 7.11. The number of aryl methyl sites for hydroxylation is 1. The summed E-state index contributed by atoms with van der Waals surface area (Å²) in [5.41, 5.74) is 2.37. The molecule has 3 rings (SSSR count). The number of hydrogen-bond donors (Lipinski definition) is 1. The van der Waals surface area contributed by atoms with Crippen LogP contribution in [0.5, 0.6) is 0 Å². The zero-order valence-electron chi connectivity index (χ0n) is 11.9. The van der Waals surface area contributed by atoms with E-state index in [0.717, 1.165) is 17.9 Å². The van der Waals surface area contributed by atoms with Crippen LogP contribution in [0.4, 0.5) is 4.39 Å². The number of hydrogen-bond acceptors (Lipinski definition) is 3. The van der Waals surface area contributed by atoms with Gasteiger partial charge in [0.15, 0.2) is 0 Å². The van der Waals surface area contributed by atoms with Crippen LogP contribution in [0.15, 0.2) is 24.3 Å². The second-order valence-corrected chi connectivity index (χ2v) is 5.87. The summed E-state index contributed by atoms with van der Waals surface area (Å²) in [6, 6.07) is 7.60. The van der Waals surface area contributed by atoms with E-state index in [1.807, 2.05) is 13.0 Å². The van der Waals surface area contributed by atoms with Crippen LogP contribution in [0.1, 0.15) is 35.6 Å². The van der Waals surface area contributed by atoms with Gasteiger partial charge in [-0.3, -0.25) is 0 Å². The molecule has 1 aliphatic carbocycles. The maximum atomic E-state index is 14.0. The van der Waals surface area contributed by atoms with Gasteiger partial charge >= 0.3 is 0 Å². The van der Waals surface area contributed by atoms with Crippen molar-refractivity contribution >= 4 is 11.6 Å². The van der Waals surface area contributed by atoms with Crippen LogP contribution in [-0.4, -0.2) is 16.0 Å². The third kappa shape index (κ3) is 3.77. The van der Waals surface area contributed by atoms with Crippen LogP contribution in [0, 0.1) is 12.7 Å². The average Bonchev–Trinajstić information content (AvgIpc) is 3.25. The van der Waals surface area contributed by atoms with E-state index in [4.69, 9.17) is 11.6 Å². The Labute approximate surface area is 128 Å². The Balaban J connectivity index is 1.78. The Morgan fingerprint density at radius 2 is 2.14 bits per heavy atom. The first-order valence-corrected chi connectivity index (χ1v) is 7.49. The molecule has 0 saturated heterocycles. The molecule has 0 amide bonds. The summed E-state index contributed by atoms with van der Waals surface area (Å²) in [5, 5.41) is 3.56. The molecule has 0 bridgehead atoms. The van der Waals surface area contributed by atoms with Crippen molar-refractivity contribution < 1.29 is 4.39 Å². The first-order chi connectivity index (χ1) is 10.1. The van der Waals surface area contributed by atoms with E-state index < -0.39 is 0 Å². The molecule has 0 unspecified atom stereocenters. The molecule has 0 aliphatic heterocycles. The zero-order valence-corrected chi connectivity index (χ0v) is 12.6. The Morgan fingerprint density at radius 3 is 2.90 bits per heavy atom. The number of benzene rings is 1. The molecule has 2 aromatic rings. The van der Waals surface area contributed by atoms with Crippen LogP contribution in [0.25, 0.3) is 0 Å². The smallest absolute Gasteiger partial charge is 0.145 e. The molecule has 1 heterocycles. The fourth-order valence-electron chi connectivity index (χ4n) is 2.26. The van der Waals surface area contributed by atoms with Crippen molar-refractivity contribution in [3.63, 3.8) is 0 Å². The minimum atomic E-state index is -0.387. The second-order valence-electron chi connectivity index (χ2n) is 5.46. The molecule has 1 fully saturated rings. The van der Waals surface area contributed by atoms with Gasteiger partial charge in [-0.2, -0.15) is 0 Å². The second kappa shape index (κ2) is 6.08. The lowest BCUT2D eigenvalue weighted by molar-refractivity contribution is 0.611. The predicted octanol–water partition coefficient (Wildman–Crippen LogP) is 3.42. The molecule has 1 N–H and O–H groups in total. The monoisotopic (exact) mass is 305 g/mol. The van der Waals surface area contributed by atoms with Gasteiger partial charge in [0.25, 0.3) is 0 Å². The van der Waals surface area contributed by atoms with E-state index in [-0.39, 0.29) is 10.8 Å². The summed E-state index contributed by atoms with van der Waals surface area (Å²) in [6.45, 7) is 2.67. The Kier molecular flexibility index (Phi) is 4.17. The lowest BCUT2D eigenvalue weighted by Gasteiger charge is -2.08. The fourth-order valence-corrected chi connectivity index (χ4v) is 2.46. The lowest BCUT2D eigenvalue weighted by Crippen LogP contribution is -2.17. The number of aromatic nitrogens is 2. The highest BCUT2D eigenvalue weighted by Gasteiger charge is 2.20. The molecular formula is C16H17ClFN3. The van der Waals surface area contributed by atoms with Crippen LogP contribution in [-0.2, 0) is 13.0 Å². The van der Waals surface area contributed by atoms with Gasteiger partial charge in [-0.25, -0.2) is 14.4 Å². The van der Waals surface area contributed by atoms with Gasteiger partial charge in [0, 0.05) is 24.7 Å². The van der Waals surface area contributed by atoms with E-state index in [0.29, 0.717) is 23.9 Å². The standard InChI is InChI=1S/C16H17ClFN3/c1-10-7-13(9-19-12-5-6-12)21-15(20-10)8-11-3-2-4-14(17)16(11)18/h2-4,7,12,19H,5-6,8-9H2,1H3. The van der Waals surface area contributed by atoms with Gasteiger partial charge in [-0.15, -0.1) is 0 Å². The Bertz CT molecular complexity index is 656. The molecule has 3 nitrogen and oxygen atoms in total. The summed E-state index contributed by atoms with van der Waals surface area (Å²) in [5.74, 6) is 0.241. The normalized spacial score (nSPS) is 14.4.